The van der Waals surface area contributed by atoms with Gasteiger partial charge in [0.05, 0.1) is 22.4 Å². The van der Waals surface area contributed by atoms with E-state index in [2.05, 4.69) is 10.3 Å². The molecule has 1 unspecified atom stereocenters. The molecule has 0 amide bonds. The highest BCUT2D eigenvalue weighted by molar-refractivity contribution is 6.03. The predicted molar refractivity (Wildman–Crippen MR) is 169 cm³/mol. The Hall–Kier alpha value is -4.51. The average molecular weight is 576 g/mol. The number of nitrogens with zero attached hydrogens (tertiary/aromatic N) is 6. The summed E-state index contributed by atoms with van der Waals surface area (Å²) in [6.07, 6.45) is 3.78. The van der Waals surface area contributed by atoms with E-state index in [1.165, 1.54) is 12.3 Å². The summed E-state index contributed by atoms with van der Waals surface area (Å²) in [6, 6.07) is 11.2. The number of carbonyl (C=O) groups is 1. The van der Waals surface area contributed by atoms with E-state index in [1.807, 2.05) is 93.8 Å². The van der Waals surface area contributed by atoms with Crippen LogP contribution in [-0.2, 0) is 11.8 Å². The molecule has 0 radical (unpaired) electrons. The molecule has 4 rings (SSSR count). The molecule has 0 fully saturated rings. The molecular weight excluding hydrogens is 534 g/mol. The van der Waals surface area contributed by atoms with Gasteiger partial charge in [0.15, 0.2) is 0 Å². The number of ether oxygens (including phenoxy) is 1. The van der Waals surface area contributed by atoms with E-state index in [1.54, 1.807) is 6.07 Å². The molecule has 0 bridgehead atoms. The molecule has 2 heterocycles. The van der Waals surface area contributed by atoms with Crippen molar-refractivity contribution in [2.24, 2.45) is 7.05 Å². The SMILES string of the molecule is C.CCC(C)OC(=O)c1cnc(Nc2cc([N+](=O)[O-])c(N(C)CCN(C)C)cc2C)nc1-c1cn(C)c2ccccc12. The number of para-hydroxylation sites is 1. The normalized spacial score (nSPS) is 11.7. The number of carbonyl (C=O) groups excluding carboxylic acids is 1. The quantitative estimate of drug-likeness (QED) is 0.127. The number of likely N-dealkylation sites (N-methyl/N-ethyl adjacent to an activating group) is 2. The lowest BCUT2D eigenvalue weighted by Gasteiger charge is -2.22. The van der Waals surface area contributed by atoms with Crippen LogP contribution in [0.3, 0.4) is 0 Å². The number of anilines is 3. The Morgan fingerprint density at radius 2 is 1.90 bits per heavy atom. The highest BCUT2D eigenvalue weighted by Gasteiger charge is 2.24. The molecule has 0 saturated heterocycles. The van der Waals surface area contributed by atoms with E-state index in [9.17, 15) is 14.9 Å². The van der Waals surface area contributed by atoms with Crippen LogP contribution in [0.1, 0.15) is 43.6 Å². The fourth-order valence-corrected chi connectivity index (χ4v) is 4.52. The lowest BCUT2D eigenvalue weighted by Crippen LogP contribution is -2.29. The fourth-order valence-electron chi connectivity index (χ4n) is 4.52. The minimum absolute atomic E-state index is 0. The molecule has 2 aromatic carbocycles. The van der Waals surface area contributed by atoms with Crippen LogP contribution in [0.15, 0.2) is 48.8 Å². The maximum absolute atomic E-state index is 13.2. The molecule has 1 atom stereocenters. The van der Waals surface area contributed by atoms with Crippen molar-refractivity contribution in [2.45, 2.75) is 40.7 Å². The highest BCUT2D eigenvalue weighted by atomic mass is 16.6. The number of nitrogens with one attached hydrogen (secondary N) is 1. The maximum atomic E-state index is 13.2. The van der Waals surface area contributed by atoms with Crippen LogP contribution in [0, 0.1) is 17.0 Å². The average Bonchev–Trinajstić information content (AvgIpc) is 3.28. The van der Waals surface area contributed by atoms with Crippen molar-refractivity contribution in [1.82, 2.24) is 19.4 Å². The number of aromatic nitrogens is 3. The van der Waals surface area contributed by atoms with Crippen LogP contribution >= 0.6 is 0 Å². The third-order valence-corrected chi connectivity index (χ3v) is 7.10. The van der Waals surface area contributed by atoms with Crippen molar-refractivity contribution in [3.63, 3.8) is 0 Å². The zero-order valence-corrected chi connectivity index (χ0v) is 24.6. The van der Waals surface area contributed by atoms with Gasteiger partial charge in [-0.15, -0.1) is 0 Å². The molecule has 224 valence electrons. The Kier molecular flexibility index (Phi) is 10.2. The van der Waals surface area contributed by atoms with Crippen molar-refractivity contribution in [3.8, 4) is 11.3 Å². The standard InChI is InChI=1S/C30H37N7O4.CH4/c1-8-20(3)41-29(38)22-17-31-30(33-28(22)23-18-36(7)25-12-10-9-11-21(23)25)32-24-16-27(37(39)40)26(15-19(24)2)35(6)14-13-34(4)5;/h9-12,15-18,20H,8,13-14H2,1-7H3,(H,31,32,33);1H4. The Morgan fingerprint density at radius 3 is 2.57 bits per heavy atom. The van der Waals surface area contributed by atoms with Crippen molar-refractivity contribution in [2.75, 3.05) is 44.4 Å². The van der Waals surface area contributed by atoms with Gasteiger partial charge in [-0.2, -0.15) is 0 Å². The number of benzene rings is 2. The van der Waals surface area contributed by atoms with Crippen molar-refractivity contribution in [3.05, 3.63) is 70.0 Å². The van der Waals surface area contributed by atoms with Gasteiger partial charge in [-0.1, -0.05) is 32.5 Å². The third-order valence-electron chi connectivity index (χ3n) is 7.10. The number of aryl methyl sites for hydroxylation is 2. The van der Waals surface area contributed by atoms with Gasteiger partial charge in [0, 0.05) is 62.1 Å². The first-order chi connectivity index (χ1) is 19.5. The van der Waals surface area contributed by atoms with Gasteiger partial charge >= 0.3 is 5.97 Å². The van der Waals surface area contributed by atoms with Gasteiger partial charge in [-0.3, -0.25) is 10.1 Å². The summed E-state index contributed by atoms with van der Waals surface area (Å²) in [4.78, 5) is 37.9. The number of fused-ring (bicyclic) bond motifs is 1. The molecule has 0 aliphatic rings. The molecule has 11 heteroatoms. The van der Waals surface area contributed by atoms with Gasteiger partial charge in [-0.05, 0) is 52.1 Å². The number of nitro groups is 1. The molecule has 4 aromatic rings. The number of nitro benzene ring substituents is 1. The number of hydrogen-bond acceptors (Lipinski definition) is 9. The molecule has 11 nitrogen and oxygen atoms in total. The summed E-state index contributed by atoms with van der Waals surface area (Å²) in [5, 5.41) is 16.1. The van der Waals surface area contributed by atoms with E-state index >= 15 is 0 Å². The van der Waals surface area contributed by atoms with Crippen LogP contribution in [0.2, 0.25) is 0 Å². The Labute approximate surface area is 247 Å². The minimum atomic E-state index is -0.509. The first-order valence-corrected chi connectivity index (χ1v) is 13.5. The smallest absolute Gasteiger partial charge is 0.342 e. The van der Waals surface area contributed by atoms with E-state index in [0.717, 1.165) is 28.6 Å². The van der Waals surface area contributed by atoms with Gasteiger partial charge in [0.1, 0.15) is 11.3 Å². The highest BCUT2D eigenvalue weighted by Crippen LogP contribution is 2.36. The maximum Gasteiger partial charge on any atom is 0.342 e. The van der Waals surface area contributed by atoms with E-state index in [-0.39, 0.29) is 35.7 Å². The molecule has 0 aliphatic carbocycles. The van der Waals surface area contributed by atoms with Crippen molar-refractivity contribution >= 4 is 39.9 Å². The van der Waals surface area contributed by atoms with Crippen molar-refractivity contribution < 1.29 is 14.5 Å². The Bertz CT molecular complexity index is 1580. The second-order valence-corrected chi connectivity index (χ2v) is 10.5. The molecule has 0 saturated carbocycles. The van der Waals surface area contributed by atoms with Gasteiger partial charge in [0.2, 0.25) is 5.95 Å². The van der Waals surface area contributed by atoms with E-state index in [4.69, 9.17) is 9.72 Å². The van der Waals surface area contributed by atoms with Crippen LogP contribution < -0.4 is 10.2 Å². The topological polar surface area (TPSA) is 119 Å². The fraction of sp³-hybridized carbons (Fsp3) is 0.387. The Balaban J connectivity index is 0.00000484. The summed E-state index contributed by atoms with van der Waals surface area (Å²) < 4.78 is 7.60. The summed E-state index contributed by atoms with van der Waals surface area (Å²) >= 11 is 0. The van der Waals surface area contributed by atoms with Crippen LogP contribution in [0.25, 0.3) is 22.2 Å². The summed E-state index contributed by atoms with van der Waals surface area (Å²) in [5.74, 6) is -0.301. The molecule has 2 aromatic heterocycles. The largest absolute Gasteiger partial charge is 0.459 e. The van der Waals surface area contributed by atoms with E-state index < -0.39 is 5.97 Å². The lowest BCUT2D eigenvalue weighted by atomic mass is 10.1. The lowest BCUT2D eigenvalue weighted by molar-refractivity contribution is -0.384. The second-order valence-electron chi connectivity index (χ2n) is 10.5. The van der Waals surface area contributed by atoms with Crippen LogP contribution in [0.4, 0.5) is 23.0 Å². The van der Waals surface area contributed by atoms with Crippen LogP contribution in [0.5, 0.6) is 0 Å². The molecule has 42 heavy (non-hydrogen) atoms. The molecular formula is C31H41N7O4. The molecule has 1 N–H and O–H groups in total. The molecule has 0 aliphatic heterocycles. The zero-order chi connectivity index (χ0) is 29.8. The first-order valence-electron chi connectivity index (χ1n) is 13.5. The Morgan fingerprint density at radius 1 is 1.19 bits per heavy atom. The number of esters is 1. The molecule has 0 spiro atoms. The summed E-state index contributed by atoms with van der Waals surface area (Å²) in [6.45, 7) is 7.04. The van der Waals surface area contributed by atoms with Crippen molar-refractivity contribution in [1.29, 1.82) is 0 Å². The van der Waals surface area contributed by atoms with E-state index in [0.29, 0.717) is 30.0 Å². The summed E-state index contributed by atoms with van der Waals surface area (Å²) in [7, 11) is 7.70. The van der Waals surface area contributed by atoms with Gasteiger partial charge in [0.25, 0.3) is 5.69 Å². The number of rotatable bonds is 11. The minimum Gasteiger partial charge on any atom is -0.459 e. The third kappa shape index (κ3) is 6.85. The van der Waals surface area contributed by atoms with Crippen LogP contribution in [-0.4, -0.2) is 70.7 Å². The zero-order valence-electron chi connectivity index (χ0n) is 24.6. The van der Waals surface area contributed by atoms with Gasteiger partial charge in [-0.25, -0.2) is 14.8 Å². The first kappa shape index (κ1) is 32.0. The predicted octanol–water partition coefficient (Wildman–Crippen LogP) is 6.18. The monoisotopic (exact) mass is 575 g/mol. The second kappa shape index (κ2) is 13.4. The summed E-state index contributed by atoms with van der Waals surface area (Å²) in [5.41, 5.74) is 4.19. The number of hydrogen-bond donors (Lipinski definition) is 1. The van der Waals surface area contributed by atoms with Gasteiger partial charge < -0.3 is 24.4 Å².